The molecule has 2 aromatic carbocycles. The van der Waals surface area contributed by atoms with Crippen LogP contribution in [0.25, 0.3) is 0 Å². The number of hydrogen-bond acceptors (Lipinski definition) is 3. The van der Waals surface area contributed by atoms with Crippen LogP contribution in [0.3, 0.4) is 0 Å². The van der Waals surface area contributed by atoms with Crippen molar-refractivity contribution >= 4 is 5.91 Å². The molecule has 4 nitrogen and oxygen atoms in total. The average Bonchev–Trinajstić information content (AvgIpc) is 2.59. The van der Waals surface area contributed by atoms with Crippen molar-refractivity contribution in [3.8, 4) is 11.5 Å². The van der Waals surface area contributed by atoms with Crippen LogP contribution in [0.15, 0.2) is 54.6 Å². The Balaban J connectivity index is 1.76. The van der Waals surface area contributed by atoms with E-state index in [1.807, 2.05) is 61.5 Å². The maximum atomic E-state index is 12.8. The van der Waals surface area contributed by atoms with Crippen molar-refractivity contribution < 1.29 is 14.3 Å². The number of fused-ring (bicyclic) bond motifs is 1. The van der Waals surface area contributed by atoms with Crippen LogP contribution in [-0.2, 0) is 4.79 Å². The monoisotopic (exact) mass is 325 g/mol. The largest absolute Gasteiger partial charge is 0.482 e. The molecule has 1 N–H and O–H groups in total. The van der Waals surface area contributed by atoms with Gasteiger partial charge in [0.05, 0.1) is 6.04 Å². The van der Waals surface area contributed by atoms with Crippen molar-refractivity contribution in [3.63, 3.8) is 0 Å². The molecule has 3 rings (SSSR count). The lowest BCUT2D eigenvalue weighted by Crippen LogP contribution is -2.50. The van der Waals surface area contributed by atoms with E-state index in [2.05, 4.69) is 19.2 Å². The molecule has 0 aromatic heterocycles. The standard InChI is InChI=1S/C20H23NO3/c1-13(2)18(15-9-5-4-6-10-15)21-20(22)19-14(3)23-16-11-7-8-12-17(16)24-19/h4-14,18-19H,1-3H3,(H,21,22). The number of rotatable bonds is 4. The van der Waals surface area contributed by atoms with E-state index in [-0.39, 0.29) is 24.0 Å². The zero-order chi connectivity index (χ0) is 17.1. The zero-order valence-electron chi connectivity index (χ0n) is 14.2. The number of ether oxygens (including phenoxy) is 2. The van der Waals surface area contributed by atoms with E-state index in [0.29, 0.717) is 11.5 Å². The van der Waals surface area contributed by atoms with Crippen molar-refractivity contribution in [2.45, 2.75) is 39.0 Å². The highest BCUT2D eigenvalue weighted by Gasteiger charge is 2.35. The van der Waals surface area contributed by atoms with E-state index in [1.54, 1.807) is 0 Å². The molecular formula is C20H23NO3. The second kappa shape index (κ2) is 6.95. The van der Waals surface area contributed by atoms with Gasteiger partial charge in [-0.15, -0.1) is 0 Å². The molecule has 4 heteroatoms. The molecular weight excluding hydrogens is 302 g/mol. The number of amides is 1. The van der Waals surface area contributed by atoms with Gasteiger partial charge in [0.25, 0.3) is 5.91 Å². The van der Waals surface area contributed by atoms with E-state index < -0.39 is 6.10 Å². The van der Waals surface area contributed by atoms with Crippen LogP contribution in [-0.4, -0.2) is 18.1 Å². The minimum atomic E-state index is -0.662. The van der Waals surface area contributed by atoms with Gasteiger partial charge in [0.15, 0.2) is 11.5 Å². The first-order valence-corrected chi connectivity index (χ1v) is 8.34. The van der Waals surface area contributed by atoms with Crippen LogP contribution >= 0.6 is 0 Å². The predicted octanol–water partition coefficient (Wildman–Crippen LogP) is 3.73. The molecule has 126 valence electrons. The van der Waals surface area contributed by atoms with E-state index >= 15 is 0 Å². The van der Waals surface area contributed by atoms with Gasteiger partial charge in [-0.2, -0.15) is 0 Å². The molecule has 3 atom stereocenters. The van der Waals surface area contributed by atoms with Gasteiger partial charge >= 0.3 is 0 Å². The smallest absolute Gasteiger partial charge is 0.265 e. The van der Waals surface area contributed by atoms with Crippen molar-refractivity contribution in [1.29, 1.82) is 0 Å². The lowest BCUT2D eigenvalue weighted by Gasteiger charge is -2.33. The molecule has 0 fully saturated rings. The van der Waals surface area contributed by atoms with Crippen molar-refractivity contribution in [1.82, 2.24) is 5.32 Å². The van der Waals surface area contributed by atoms with Gasteiger partial charge < -0.3 is 14.8 Å². The molecule has 1 aliphatic heterocycles. The third-order valence-corrected chi connectivity index (χ3v) is 4.22. The summed E-state index contributed by atoms with van der Waals surface area (Å²) in [5, 5.41) is 3.12. The second-order valence-electron chi connectivity index (χ2n) is 6.45. The fourth-order valence-corrected chi connectivity index (χ4v) is 2.94. The molecule has 0 bridgehead atoms. The fraction of sp³-hybridized carbons (Fsp3) is 0.350. The molecule has 0 aliphatic carbocycles. The third kappa shape index (κ3) is 3.37. The van der Waals surface area contributed by atoms with Crippen LogP contribution in [0.5, 0.6) is 11.5 Å². The van der Waals surface area contributed by atoms with Crippen LogP contribution in [0.2, 0.25) is 0 Å². The van der Waals surface area contributed by atoms with E-state index in [4.69, 9.17) is 9.47 Å². The normalized spacial score (nSPS) is 20.5. The Hall–Kier alpha value is -2.49. The molecule has 0 saturated carbocycles. The fourth-order valence-electron chi connectivity index (χ4n) is 2.94. The van der Waals surface area contributed by atoms with E-state index in [1.165, 1.54) is 0 Å². The molecule has 0 radical (unpaired) electrons. The van der Waals surface area contributed by atoms with Gasteiger partial charge in [-0.05, 0) is 30.5 Å². The quantitative estimate of drug-likeness (QED) is 0.932. The second-order valence-corrected chi connectivity index (χ2v) is 6.45. The van der Waals surface area contributed by atoms with Gasteiger partial charge in [-0.25, -0.2) is 0 Å². The van der Waals surface area contributed by atoms with Crippen molar-refractivity contribution in [2.24, 2.45) is 5.92 Å². The Kier molecular flexibility index (Phi) is 4.74. The third-order valence-electron chi connectivity index (χ3n) is 4.22. The SMILES string of the molecule is CC(C)C(NC(=O)C1Oc2ccccc2OC1C)c1ccccc1. The maximum Gasteiger partial charge on any atom is 0.265 e. The summed E-state index contributed by atoms with van der Waals surface area (Å²) in [7, 11) is 0. The van der Waals surface area contributed by atoms with Gasteiger partial charge in [-0.1, -0.05) is 56.3 Å². The molecule has 24 heavy (non-hydrogen) atoms. The molecule has 0 saturated heterocycles. The molecule has 1 heterocycles. The maximum absolute atomic E-state index is 12.8. The number of carbonyl (C=O) groups is 1. The Morgan fingerprint density at radius 2 is 1.54 bits per heavy atom. The van der Waals surface area contributed by atoms with Gasteiger partial charge in [-0.3, -0.25) is 4.79 Å². The van der Waals surface area contributed by atoms with E-state index in [0.717, 1.165) is 5.56 Å². The number of para-hydroxylation sites is 2. The first-order valence-electron chi connectivity index (χ1n) is 8.34. The number of nitrogens with one attached hydrogen (secondary N) is 1. The Bertz CT molecular complexity index is 699. The number of hydrogen-bond donors (Lipinski definition) is 1. The summed E-state index contributed by atoms with van der Waals surface area (Å²) in [6, 6.07) is 17.4. The Morgan fingerprint density at radius 1 is 0.958 bits per heavy atom. The highest BCUT2D eigenvalue weighted by molar-refractivity contribution is 5.82. The lowest BCUT2D eigenvalue weighted by atomic mass is 9.95. The summed E-state index contributed by atoms with van der Waals surface area (Å²) in [4.78, 5) is 12.8. The van der Waals surface area contributed by atoms with Crippen LogP contribution in [0, 0.1) is 5.92 Å². The highest BCUT2D eigenvalue weighted by atomic mass is 16.6. The van der Waals surface area contributed by atoms with E-state index in [9.17, 15) is 4.79 Å². The summed E-state index contributed by atoms with van der Waals surface area (Å²) in [5.74, 6) is 1.40. The van der Waals surface area contributed by atoms with Crippen molar-refractivity contribution in [2.75, 3.05) is 0 Å². The summed E-state index contributed by atoms with van der Waals surface area (Å²) >= 11 is 0. The Morgan fingerprint density at radius 3 is 2.17 bits per heavy atom. The molecule has 1 aliphatic rings. The van der Waals surface area contributed by atoms with Gasteiger partial charge in [0.2, 0.25) is 6.10 Å². The molecule has 0 spiro atoms. The van der Waals surface area contributed by atoms with Crippen LogP contribution < -0.4 is 14.8 Å². The molecule has 1 amide bonds. The van der Waals surface area contributed by atoms with Gasteiger partial charge in [0, 0.05) is 0 Å². The highest BCUT2D eigenvalue weighted by Crippen LogP contribution is 2.33. The topological polar surface area (TPSA) is 47.6 Å². The predicted molar refractivity (Wildman–Crippen MR) is 93.1 cm³/mol. The summed E-state index contributed by atoms with van der Waals surface area (Å²) < 4.78 is 11.7. The lowest BCUT2D eigenvalue weighted by molar-refractivity contribution is -0.134. The summed E-state index contributed by atoms with van der Waals surface area (Å²) in [5.41, 5.74) is 1.09. The molecule has 3 unspecified atom stereocenters. The first-order chi connectivity index (χ1) is 11.6. The van der Waals surface area contributed by atoms with Crippen LogP contribution in [0.1, 0.15) is 32.4 Å². The first kappa shape index (κ1) is 16.4. The zero-order valence-corrected chi connectivity index (χ0v) is 14.2. The van der Waals surface area contributed by atoms with Crippen LogP contribution in [0.4, 0.5) is 0 Å². The van der Waals surface area contributed by atoms with Crippen molar-refractivity contribution in [3.05, 3.63) is 60.2 Å². The number of carbonyl (C=O) groups excluding carboxylic acids is 1. The minimum Gasteiger partial charge on any atom is -0.482 e. The van der Waals surface area contributed by atoms with Gasteiger partial charge in [0.1, 0.15) is 6.10 Å². The summed E-state index contributed by atoms with van der Waals surface area (Å²) in [6.07, 6.45) is -1.01. The number of benzene rings is 2. The minimum absolute atomic E-state index is 0.0633. The average molecular weight is 325 g/mol. The summed E-state index contributed by atoms with van der Waals surface area (Å²) in [6.45, 7) is 6.04. The molecule has 2 aromatic rings. The Labute approximate surface area is 142 Å².